The van der Waals surface area contributed by atoms with Crippen molar-refractivity contribution in [3.8, 4) is 11.4 Å². The maximum Gasteiger partial charge on any atom is 0.289 e. The van der Waals surface area contributed by atoms with E-state index in [1.165, 1.54) is 18.0 Å². The molecule has 2 amide bonds. The minimum absolute atomic E-state index is 0.183. The predicted molar refractivity (Wildman–Crippen MR) is 130 cm³/mol. The van der Waals surface area contributed by atoms with Crippen molar-refractivity contribution < 1.29 is 18.7 Å². The van der Waals surface area contributed by atoms with E-state index in [9.17, 15) is 9.59 Å². The SMILES string of the molecule is COc1ccc(-n2nnc(C(=O)N3CCN(C(=O)c4ccco4)CC3)c2CSc2ncccn2)cc1. The molecule has 1 fully saturated rings. The van der Waals surface area contributed by atoms with E-state index in [0.717, 1.165) is 5.69 Å². The van der Waals surface area contributed by atoms with Crippen molar-refractivity contribution in [2.24, 2.45) is 0 Å². The van der Waals surface area contributed by atoms with Crippen LogP contribution < -0.4 is 4.74 Å². The number of amides is 2. The Morgan fingerprint density at radius 1 is 0.972 bits per heavy atom. The molecule has 1 aliphatic rings. The summed E-state index contributed by atoms with van der Waals surface area (Å²) in [6.45, 7) is 1.57. The Morgan fingerprint density at radius 2 is 1.67 bits per heavy atom. The maximum absolute atomic E-state index is 13.5. The van der Waals surface area contributed by atoms with Gasteiger partial charge in [-0.15, -0.1) is 5.10 Å². The zero-order valence-electron chi connectivity index (χ0n) is 19.5. The molecule has 0 bridgehead atoms. The van der Waals surface area contributed by atoms with E-state index in [4.69, 9.17) is 9.15 Å². The number of hydrogen-bond donors (Lipinski definition) is 0. The number of rotatable bonds is 7. The molecule has 1 saturated heterocycles. The zero-order chi connectivity index (χ0) is 24.9. The highest BCUT2D eigenvalue weighted by Crippen LogP contribution is 2.25. The summed E-state index contributed by atoms with van der Waals surface area (Å²) in [4.78, 5) is 38.0. The van der Waals surface area contributed by atoms with Crippen molar-refractivity contribution in [1.82, 2.24) is 34.8 Å². The Hall–Kier alpha value is -4.19. The van der Waals surface area contributed by atoms with Gasteiger partial charge < -0.3 is 19.0 Å². The fourth-order valence-electron chi connectivity index (χ4n) is 3.84. The van der Waals surface area contributed by atoms with Crippen LogP contribution in [0.1, 0.15) is 26.7 Å². The Kier molecular flexibility index (Phi) is 6.94. The second kappa shape index (κ2) is 10.6. The average molecular weight is 506 g/mol. The van der Waals surface area contributed by atoms with E-state index in [-0.39, 0.29) is 17.5 Å². The molecule has 0 aliphatic carbocycles. The molecule has 36 heavy (non-hydrogen) atoms. The second-order valence-electron chi connectivity index (χ2n) is 7.88. The van der Waals surface area contributed by atoms with Gasteiger partial charge in [0.15, 0.2) is 16.6 Å². The number of aromatic nitrogens is 5. The summed E-state index contributed by atoms with van der Waals surface area (Å²) in [7, 11) is 1.60. The van der Waals surface area contributed by atoms with Gasteiger partial charge in [0.1, 0.15) is 5.75 Å². The lowest BCUT2D eigenvalue weighted by Crippen LogP contribution is -2.50. The Labute approximate surface area is 211 Å². The third-order valence-corrected chi connectivity index (χ3v) is 6.64. The van der Waals surface area contributed by atoms with Crippen molar-refractivity contribution in [2.45, 2.75) is 10.9 Å². The molecule has 0 saturated carbocycles. The van der Waals surface area contributed by atoms with E-state index in [2.05, 4.69) is 20.3 Å². The number of thioether (sulfide) groups is 1. The van der Waals surface area contributed by atoms with Crippen LogP contribution in [0.5, 0.6) is 5.75 Å². The molecule has 0 spiro atoms. The standard InChI is InChI=1S/C24H23N7O4S/c1-34-18-7-5-17(6-8-18)31-19(16-36-24-25-9-3-10-26-24)21(27-28-31)23(33)30-13-11-29(12-14-30)22(32)20-4-2-15-35-20/h2-10,15H,11-14,16H2,1H3. The fraction of sp³-hybridized carbons (Fsp3) is 0.250. The predicted octanol–water partition coefficient (Wildman–Crippen LogP) is 2.55. The summed E-state index contributed by atoms with van der Waals surface area (Å²) in [5.41, 5.74) is 1.65. The lowest BCUT2D eigenvalue weighted by Gasteiger charge is -2.34. The Balaban J connectivity index is 1.36. The van der Waals surface area contributed by atoms with Gasteiger partial charge in [-0.3, -0.25) is 9.59 Å². The van der Waals surface area contributed by atoms with Crippen LogP contribution >= 0.6 is 11.8 Å². The van der Waals surface area contributed by atoms with E-state index >= 15 is 0 Å². The highest BCUT2D eigenvalue weighted by atomic mass is 32.2. The van der Waals surface area contributed by atoms with Gasteiger partial charge in [-0.25, -0.2) is 14.6 Å². The van der Waals surface area contributed by atoms with Gasteiger partial charge in [-0.2, -0.15) is 0 Å². The summed E-state index contributed by atoms with van der Waals surface area (Å²) in [6, 6.07) is 12.4. The number of piperazine rings is 1. The van der Waals surface area contributed by atoms with E-state index in [0.29, 0.717) is 54.3 Å². The van der Waals surface area contributed by atoms with Crippen molar-refractivity contribution in [3.63, 3.8) is 0 Å². The quantitative estimate of drug-likeness (QED) is 0.276. The van der Waals surface area contributed by atoms with Crippen molar-refractivity contribution >= 4 is 23.6 Å². The Morgan fingerprint density at radius 3 is 2.31 bits per heavy atom. The molecule has 0 unspecified atom stereocenters. The third kappa shape index (κ3) is 4.93. The van der Waals surface area contributed by atoms with Crippen LogP contribution in [0.25, 0.3) is 5.69 Å². The second-order valence-corrected chi connectivity index (χ2v) is 8.82. The van der Waals surface area contributed by atoms with Crippen molar-refractivity contribution in [1.29, 1.82) is 0 Å². The first-order valence-corrected chi connectivity index (χ1v) is 12.2. The number of carbonyl (C=O) groups excluding carboxylic acids is 2. The number of carbonyl (C=O) groups is 2. The number of benzene rings is 1. The van der Waals surface area contributed by atoms with Gasteiger partial charge in [0.05, 0.1) is 24.8 Å². The van der Waals surface area contributed by atoms with Crippen molar-refractivity contribution in [3.05, 3.63) is 78.3 Å². The number of methoxy groups -OCH3 is 1. The molecule has 3 aromatic heterocycles. The minimum atomic E-state index is -0.232. The first kappa shape index (κ1) is 23.5. The van der Waals surface area contributed by atoms with Gasteiger partial charge in [0.25, 0.3) is 11.8 Å². The fourth-order valence-corrected chi connectivity index (χ4v) is 4.64. The normalized spacial score (nSPS) is 13.6. The van der Waals surface area contributed by atoms with Crippen LogP contribution in [0.2, 0.25) is 0 Å². The molecule has 12 heteroatoms. The summed E-state index contributed by atoms with van der Waals surface area (Å²) >= 11 is 1.39. The maximum atomic E-state index is 13.5. The van der Waals surface area contributed by atoms with Gasteiger partial charge in [0, 0.05) is 44.3 Å². The number of furan rings is 1. The highest BCUT2D eigenvalue weighted by molar-refractivity contribution is 7.98. The highest BCUT2D eigenvalue weighted by Gasteiger charge is 2.30. The van der Waals surface area contributed by atoms with Crippen LogP contribution in [-0.4, -0.2) is 79.9 Å². The largest absolute Gasteiger partial charge is 0.497 e. The smallest absolute Gasteiger partial charge is 0.289 e. The van der Waals surface area contributed by atoms with Crippen LogP contribution in [0.4, 0.5) is 0 Å². The molecule has 11 nitrogen and oxygen atoms in total. The zero-order valence-corrected chi connectivity index (χ0v) is 20.3. The topological polar surface area (TPSA) is 119 Å². The summed E-state index contributed by atoms with van der Waals surface area (Å²) in [6.07, 6.45) is 4.81. The minimum Gasteiger partial charge on any atom is -0.497 e. The molecule has 0 atom stereocenters. The van der Waals surface area contributed by atoms with Crippen LogP contribution in [0.3, 0.4) is 0 Å². The molecular weight excluding hydrogens is 482 g/mol. The first-order valence-electron chi connectivity index (χ1n) is 11.2. The lowest BCUT2D eigenvalue weighted by molar-refractivity contribution is 0.0514. The number of nitrogens with zero attached hydrogens (tertiary/aromatic N) is 7. The van der Waals surface area contributed by atoms with Gasteiger partial charge in [-0.1, -0.05) is 17.0 Å². The molecule has 4 aromatic rings. The van der Waals surface area contributed by atoms with Crippen LogP contribution in [-0.2, 0) is 5.75 Å². The molecule has 5 rings (SSSR count). The van der Waals surface area contributed by atoms with Gasteiger partial charge in [-0.05, 0) is 42.5 Å². The molecule has 1 aromatic carbocycles. The third-order valence-electron chi connectivity index (χ3n) is 5.75. The van der Waals surface area contributed by atoms with Crippen LogP contribution in [0, 0.1) is 0 Å². The monoisotopic (exact) mass is 505 g/mol. The molecular formula is C24H23N7O4S. The van der Waals surface area contributed by atoms with E-state index in [1.807, 2.05) is 24.3 Å². The summed E-state index contributed by atoms with van der Waals surface area (Å²) in [5.74, 6) is 0.980. The molecule has 1 aliphatic heterocycles. The average Bonchev–Trinajstić information content (AvgIpc) is 3.62. The Bertz CT molecular complexity index is 1320. The number of ether oxygens (including phenoxy) is 1. The van der Waals surface area contributed by atoms with E-state index in [1.54, 1.807) is 52.2 Å². The molecule has 0 N–H and O–H groups in total. The first-order chi connectivity index (χ1) is 17.6. The van der Waals surface area contributed by atoms with Gasteiger partial charge >= 0.3 is 0 Å². The lowest BCUT2D eigenvalue weighted by atomic mass is 10.2. The molecule has 0 radical (unpaired) electrons. The van der Waals surface area contributed by atoms with Crippen molar-refractivity contribution in [2.75, 3.05) is 33.3 Å². The molecule has 184 valence electrons. The van der Waals surface area contributed by atoms with E-state index < -0.39 is 0 Å². The summed E-state index contributed by atoms with van der Waals surface area (Å²) < 4.78 is 12.1. The van der Waals surface area contributed by atoms with Gasteiger partial charge in [0.2, 0.25) is 0 Å². The number of hydrogen-bond acceptors (Lipinski definition) is 9. The molecule has 4 heterocycles. The summed E-state index contributed by atoms with van der Waals surface area (Å²) in [5, 5.41) is 9.14. The van der Waals surface area contributed by atoms with Crippen LogP contribution in [0.15, 0.2) is 70.7 Å².